The molecule has 2 aromatic carbocycles. The second-order valence-corrected chi connectivity index (χ2v) is 6.47. The molecule has 2 aromatic rings. The lowest BCUT2D eigenvalue weighted by atomic mass is 10.1. The fraction of sp³-hybridized carbons (Fsp3) is 0.300. The van der Waals surface area contributed by atoms with Crippen molar-refractivity contribution in [2.45, 2.75) is 13.3 Å². The molecule has 0 spiro atoms. The molecule has 6 nitrogen and oxygen atoms in total. The zero-order valence-corrected chi connectivity index (χ0v) is 15.0. The molecule has 0 bridgehead atoms. The fourth-order valence-corrected chi connectivity index (χ4v) is 2.98. The molecule has 1 aliphatic rings. The number of benzene rings is 2. The Morgan fingerprint density at radius 1 is 1.15 bits per heavy atom. The largest absolute Gasteiger partial charge is 0.497 e. The molecule has 1 saturated heterocycles. The number of carbonyl (C=O) groups is 2. The predicted molar refractivity (Wildman–Crippen MR) is 102 cm³/mol. The van der Waals surface area contributed by atoms with E-state index in [0.717, 1.165) is 22.7 Å². The van der Waals surface area contributed by atoms with Gasteiger partial charge in [-0.1, -0.05) is 17.7 Å². The normalized spacial score (nSPS) is 16.5. The van der Waals surface area contributed by atoms with Gasteiger partial charge in [0.05, 0.1) is 7.11 Å². The Labute approximate surface area is 153 Å². The van der Waals surface area contributed by atoms with Crippen LogP contribution in [0.25, 0.3) is 0 Å². The number of methoxy groups -OCH3 is 1. The van der Waals surface area contributed by atoms with Crippen LogP contribution in [0, 0.1) is 12.8 Å². The minimum atomic E-state index is -0.260. The molecule has 0 aromatic heterocycles. The molecule has 3 rings (SSSR count). The van der Waals surface area contributed by atoms with E-state index >= 15 is 0 Å². The number of hydrogen-bond donors (Lipinski definition) is 2. The summed E-state index contributed by atoms with van der Waals surface area (Å²) in [5, 5.41) is 5.65. The fourth-order valence-electron chi connectivity index (χ4n) is 2.98. The number of urea groups is 1. The smallest absolute Gasteiger partial charge is 0.319 e. The maximum absolute atomic E-state index is 12.3. The zero-order valence-electron chi connectivity index (χ0n) is 15.0. The van der Waals surface area contributed by atoms with E-state index in [2.05, 4.69) is 10.6 Å². The van der Waals surface area contributed by atoms with Gasteiger partial charge in [-0.2, -0.15) is 0 Å². The highest BCUT2D eigenvalue weighted by Gasteiger charge is 2.30. The van der Waals surface area contributed by atoms with E-state index in [1.807, 2.05) is 55.5 Å². The summed E-state index contributed by atoms with van der Waals surface area (Å²) in [7, 11) is 1.61. The van der Waals surface area contributed by atoms with Crippen molar-refractivity contribution in [3.8, 4) is 5.75 Å². The van der Waals surface area contributed by atoms with Crippen molar-refractivity contribution >= 4 is 23.3 Å². The molecule has 26 heavy (non-hydrogen) atoms. The summed E-state index contributed by atoms with van der Waals surface area (Å²) in [4.78, 5) is 26.1. The van der Waals surface area contributed by atoms with Gasteiger partial charge in [0.25, 0.3) is 0 Å². The van der Waals surface area contributed by atoms with E-state index in [1.165, 1.54) is 0 Å². The van der Waals surface area contributed by atoms with Crippen molar-refractivity contribution in [1.29, 1.82) is 0 Å². The highest BCUT2D eigenvalue weighted by atomic mass is 16.5. The lowest BCUT2D eigenvalue weighted by molar-refractivity contribution is -0.117. The van der Waals surface area contributed by atoms with Crippen LogP contribution in [0.3, 0.4) is 0 Å². The number of carbonyl (C=O) groups excluding carboxylic acids is 2. The molecule has 0 radical (unpaired) electrons. The summed E-state index contributed by atoms with van der Waals surface area (Å²) in [5.41, 5.74) is 2.73. The van der Waals surface area contributed by atoms with Gasteiger partial charge < -0.3 is 20.3 Å². The van der Waals surface area contributed by atoms with Crippen molar-refractivity contribution in [3.63, 3.8) is 0 Å². The number of amides is 3. The number of ether oxygens (including phenoxy) is 1. The zero-order chi connectivity index (χ0) is 18.5. The lowest BCUT2D eigenvalue weighted by Gasteiger charge is -2.17. The maximum atomic E-state index is 12.3. The molecule has 0 saturated carbocycles. The molecular formula is C20H23N3O3. The summed E-state index contributed by atoms with van der Waals surface area (Å²) >= 11 is 0. The van der Waals surface area contributed by atoms with Crippen molar-refractivity contribution < 1.29 is 14.3 Å². The molecule has 0 unspecified atom stereocenters. The van der Waals surface area contributed by atoms with E-state index in [0.29, 0.717) is 19.5 Å². The summed E-state index contributed by atoms with van der Waals surface area (Å²) < 4.78 is 5.14. The number of hydrogen-bond acceptors (Lipinski definition) is 3. The van der Waals surface area contributed by atoms with E-state index < -0.39 is 0 Å². The van der Waals surface area contributed by atoms with Crippen LogP contribution < -0.4 is 20.3 Å². The van der Waals surface area contributed by atoms with Crippen molar-refractivity contribution in [3.05, 3.63) is 54.1 Å². The van der Waals surface area contributed by atoms with Gasteiger partial charge in [-0.3, -0.25) is 4.79 Å². The first-order valence-electron chi connectivity index (χ1n) is 8.61. The summed E-state index contributed by atoms with van der Waals surface area (Å²) in [5.74, 6) is 0.917. The van der Waals surface area contributed by atoms with Gasteiger partial charge in [-0.15, -0.1) is 0 Å². The standard InChI is InChI=1S/C20H23N3O3/c1-14-3-5-16(6-4-14)22-20(25)21-12-15-11-19(24)23(13-15)17-7-9-18(26-2)10-8-17/h3-10,15H,11-13H2,1-2H3,(H2,21,22,25)/t15-/m0/s1. The molecular weight excluding hydrogens is 330 g/mol. The van der Waals surface area contributed by atoms with Gasteiger partial charge in [0.1, 0.15) is 5.75 Å². The molecule has 136 valence electrons. The molecule has 2 N–H and O–H groups in total. The van der Waals surface area contributed by atoms with Gasteiger partial charge in [-0.05, 0) is 43.3 Å². The third-order valence-corrected chi connectivity index (χ3v) is 4.45. The average Bonchev–Trinajstić information content (AvgIpc) is 3.03. The first-order chi connectivity index (χ1) is 12.5. The molecule has 1 atom stereocenters. The highest BCUT2D eigenvalue weighted by molar-refractivity contribution is 5.96. The Morgan fingerprint density at radius 2 is 1.85 bits per heavy atom. The molecule has 1 aliphatic heterocycles. The summed E-state index contributed by atoms with van der Waals surface area (Å²) in [6, 6.07) is 14.8. The Kier molecular flexibility index (Phi) is 5.41. The van der Waals surface area contributed by atoms with Gasteiger partial charge in [-0.25, -0.2) is 4.79 Å². The molecule has 1 fully saturated rings. The molecule has 6 heteroatoms. The van der Waals surface area contributed by atoms with Crippen LogP contribution >= 0.6 is 0 Å². The van der Waals surface area contributed by atoms with E-state index in [4.69, 9.17) is 4.74 Å². The van der Waals surface area contributed by atoms with Crippen molar-refractivity contribution in [1.82, 2.24) is 5.32 Å². The third kappa shape index (κ3) is 4.33. The van der Waals surface area contributed by atoms with Crippen LogP contribution in [0.4, 0.5) is 16.2 Å². The monoisotopic (exact) mass is 353 g/mol. The third-order valence-electron chi connectivity index (χ3n) is 4.45. The summed E-state index contributed by atoms with van der Waals surface area (Å²) in [6.45, 7) is 3.04. The Morgan fingerprint density at radius 3 is 2.50 bits per heavy atom. The first-order valence-corrected chi connectivity index (χ1v) is 8.61. The second kappa shape index (κ2) is 7.91. The molecule has 0 aliphatic carbocycles. The Balaban J connectivity index is 1.50. The van der Waals surface area contributed by atoms with E-state index in [-0.39, 0.29) is 17.9 Å². The van der Waals surface area contributed by atoms with Gasteiger partial charge in [0.15, 0.2) is 0 Å². The van der Waals surface area contributed by atoms with Gasteiger partial charge in [0, 0.05) is 36.8 Å². The number of rotatable bonds is 5. The first kappa shape index (κ1) is 17.8. The minimum Gasteiger partial charge on any atom is -0.497 e. The summed E-state index contributed by atoms with van der Waals surface area (Å²) in [6.07, 6.45) is 0.427. The van der Waals surface area contributed by atoms with Crippen LogP contribution in [0.1, 0.15) is 12.0 Å². The quantitative estimate of drug-likeness (QED) is 0.867. The number of nitrogens with zero attached hydrogens (tertiary/aromatic N) is 1. The number of anilines is 2. The second-order valence-electron chi connectivity index (χ2n) is 6.47. The van der Waals surface area contributed by atoms with Crippen LogP contribution in [0.5, 0.6) is 5.75 Å². The van der Waals surface area contributed by atoms with E-state index in [9.17, 15) is 9.59 Å². The van der Waals surface area contributed by atoms with Crippen LogP contribution in [0.2, 0.25) is 0 Å². The Bertz CT molecular complexity index is 772. The van der Waals surface area contributed by atoms with Crippen molar-refractivity contribution in [2.75, 3.05) is 30.4 Å². The van der Waals surface area contributed by atoms with Crippen molar-refractivity contribution in [2.24, 2.45) is 5.92 Å². The minimum absolute atomic E-state index is 0.0703. The van der Waals surface area contributed by atoms with Crippen LogP contribution in [-0.4, -0.2) is 32.1 Å². The lowest BCUT2D eigenvalue weighted by Crippen LogP contribution is -2.34. The highest BCUT2D eigenvalue weighted by Crippen LogP contribution is 2.26. The van der Waals surface area contributed by atoms with Gasteiger partial charge in [0.2, 0.25) is 5.91 Å². The van der Waals surface area contributed by atoms with Crippen LogP contribution in [0.15, 0.2) is 48.5 Å². The maximum Gasteiger partial charge on any atom is 0.319 e. The molecule has 1 heterocycles. The van der Waals surface area contributed by atoms with Crippen LogP contribution in [-0.2, 0) is 4.79 Å². The van der Waals surface area contributed by atoms with E-state index in [1.54, 1.807) is 12.0 Å². The van der Waals surface area contributed by atoms with Gasteiger partial charge >= 0.3 is 6.03 Å². The topological polar surface area (TPSA) is 70.7 Å². The SMILES string of the molecule is COc1ccc(N2C[C@H](CNC(=O)Nc3ccc(C)cc3)CC2=O)cc1. The average molecular weight is 353 g/mol. The Hall–Kier alpha value is -3.02. The molecule has 3 amide bonds. The number of aryl methyl sites for hydroxylation is 1. The number of nitrogens with one attached hydrogen (secondary N) is 2. The predicted octanol–water partition coefficient (Wildman–Crippen LogP) is 3.18.